The average Bonchev–Trinajstić information content (AvgIpc) is 3.67. The average molecular weight is 826 g/mol. The summed E-state index contributed by atoms with van der Waals surface area (Å²) in [5, 5.41) is 0. The van der Waals surface area contributed by atoms with Crippen LogP contribution in [0.1, 0.15) is 43.2 Å². The summed E-state index contributed by atoms with van der Waals surface area (Å²) in [6.45, 7) is 0. The van der Waals surface area contributed by atoms with Crippen molar-refractivity contribution in [1.82, 2.24) is 34.9 Å². The highest BCUT2D eigenvalue weighted by atomic mass is 15.1. The number of rotatable bonds is 7. The third kappa shape index (κ3) is 5.98. The first-order valence-electron chi connectivity index (χ1n) is 22.7. The van der Waals surface area contributed by atoms with Gasteiger partial charge in [0.05, 0.1) is 5.69 Å². The van der Waals surface area contributed by atoms with Crippen LogP contribution in [0.3, 0.4) is 0 Å². The van der Waals surface area contributed by atoms with Crippen LogP contribution in [0.15, 0.2) is 176 Å². The van der Waals surface area contributed by atoms with Crippen molar-refractivity contribution < 1.29 is 0 Å². The van der Waals surface area contributed by atoms with Crippen molar-refractivity contribution in [2.45, 2.75) is 37.5 Å². The van der Waals surface area contributed by atoms with Gasteiger partial charge in [0.2, 0.25) is 0 Å². The molecule has 9 aromatic rings. The second-order valence-electron chi connectivity index (χ2n) is 18.2. The highest BCUT2D eigenvalue weighted by Gasteiger charge is 2.61. The van der Waals surface area contributed by atoms with Gasteiger partial charge >= 0.3 is 0 Å². The summed E-state index contributed by atoms with van der Waals surface area (Å²) >= 11 is 0. The lowest BCUT2D eigenvalue weighted by molar-refractivity contribution is -0.0399. The predicted molar refractivity (Wildman–Crippen MR) is 252 cm³/mol. The maximum Gasteiger partial charge on any atom is 0.182 e. The van der Waals surface area contributed by atoms with Crippen LogP contribution in [-0.2, 0) is 5.41 Å². The van der Waals surface area contributed by atoms with Gasteiger partial charge in [-0.2, -0.15) is 0 Å². The summed E-state index contributed by atoms with van der Waals surface area (Å²) in [7, 11) is 0. The zero-order valence-electron chi connectivity index (χ0n) is 35.2. The standard InChI is InChI=1S/C57H43N7/c1-5-16-37(17-6-1)51-59-52(38-18-7-2-8-19-38)62-55(61-51)41-33-48(58-49(34-41)56-63-53(39-20-9-3-10-21-39)60-54(64-56)40-22-11-4-12-23-40)45-25-15-27-47-50(45)44-24-13-14-26-46(44)57(47)42-29-35-28-36(31-42)32-43(57)30-35/h1-27,33-36,42-43H,28-32H2. The van der Waals surface area contributed by atoms with Gasteiger partial charge in [0.1, 0.15) is 5.69 Å². The molecule has 3 aromatic heterocycles. The molecule has 4 fully saturated rings. The fourth-order valence-electron chi connectivity index (χ4n) is 12.2. The Morgan fingerprint density at radius 3 is 1.20 bits per heavy atom. The molecule has 0 aliphatic heterocycles. The Labute approximate surface area is 372 Å². The predicted octanol–water partition coefficient (Wildman–Crippen LogP) is 12.8. The van der Waals surface area contributed by atoms with E-state index >= 15 is 0 Å². The summed E-state index contributed by atoms with van der Waals surface area (Å²) in [5.74, 6) is 6.38. The molecular weight excluding hydrogens is 783 g/mol. The van der Waals surface area contributed by atoms with E-state index in [1.807, 2.05) is 127 Å². The quantitative estimate of drug-likeness (QED) is 0.158. The first kappa shape index (κ1) is 37.1. The van der Waals surface area contributed by atoms with Gasteiger partial charge in [0, 0.05) is 38.8 Å². The van der Waals surface area contributed by atoms with Crippen LogP contribution >= 0.6 is 0 Å². The molecule has 0 N–H and O–H groups in total. The van der Waals surface area contributed by atoms with Crippen LogP contribution in [0.2, 0.25) is 0 Å². The monoisotopic (exact) mass is 825 g/mol. The van der Waals surface area contributed by atoms with Crippen LogP contribution in [-0.4, -0.2) is 34.9 Å². The molecule has 7 heteroatoms. The Bertz CT molecular complexity index is 2940. The molecule has 4 bridgehead atoms. The molecule has 306 valence electrons. The Hall–Kier alpha value is -7.51. The number of pyridine rings is 1. The molecule has 5 aliphatic carbocycles. The molecule has 1 spiro atoms. The SMILES string of the molecule is c1ccc(-c2nc(-c3ccccc3)nc(-c3cc(-c4nc(-c5ccccc5)nc(-c5ccccc5)n4)nc(-c4cccc5c4-c4ccccc4C54C5CC6CC(C5)CC4C6)c3)n2)cc1. The van der Waals surface area contributed by atoms with Gasteiger partial charge in [0.25, 0.3) is 0 Å². The van der Waals surface area contributed by atoms with Crippen LogP contribution < -0.4 is 0 Å². The number of hydrogen-bond donors (Lipinski definition) is 0. The summed E-state index contributed by atoms with van der Waals surface area (Å²) in [4.78, 5) is 36.5. The van der Waals surface area contributed by atoms with Crippen molar-refractivity contribution in [2.24, 2.45) is 23.7 Å². The van der Waals surface area contributed by atoms with Crippen LogP contribution in [0.25, 0.3) is 90.8 Å². The van der Waals surface area contributed by atoms with E-state index in [0.29, 0.717) is 52.5 Å². The lowest BCUT2D eigenvalue weighted by atomic mass is 9.43. The summed E-state index contributed by atoms with van der Waals surface area (Å²) in [5.41, 5.74) is 12.6. The lowest BCUT2D eigenvalue weighted by Crippen LogP contribution is -2.55. The van der Waals surface area contributed by atoms with Gasteiger partial charge in [-0.15, -0.1) is 0 Å². The molecule has 7 nitrogen and oxygen atoms in total. The molecule has 0 amide bonds. The Balaban J connectivity index is 1.07. The van der Waals surface area contributed by atoms with E-state index in [1.165, 1.54) is 54.4 Å². The maximum absolute atomic E-state index is 5.58. The van der Waals surface area contributed by atoms with Crippen molar-refractivity contribution >= 4 is 0 Å². The zero-order chi connectivity index (χ0) is 42.2. The van der Waals surface area contributed by atoms with E-state index in [9.17, 15) is 0 Å². The van der Waals surface area contributed by atoms with Gasteiger partial charge in [-0.25, -0.2) is 34.9 Å². The first-order chi connectivity index (χ1) is 31.7. The van der Waals surface area contributed by atoms with Gasteiger partial charge < -0.3 is 0 Å². The summed E-state index contributed by atoms with van der Waals surface area (Å²) in [6.07, 6.45) is 6.71. The molecule has 0 radical (unpaired) electrons. The van der Waals surface area contributed by atoms with Crippen LogP contribution in [0.5, 0.6) is 0 Å². The van der Waals surface area contributed by atoms with Gasteiger partial charge in [0.15, 0.2) is 34.9 Å². The molecule has 5 aliphatic rings. The van der Waals surface area contributed by atoms with Crippen molar-refractivity contribution in [3.05, 3.63) is 187 Å². The van der Waals surface area contributed by atoms with E-state index in [1.54, 1.807) is 0 Å². The molecule has 3 heterocycles. The largest absolute Gasteiger partial charge is 0.244 e. The number of hydrogen-bond acceptors (Lipinski definition) is 7. The van der Waals surface area contributed by atoms with E-state index in [0.717, 1.165) is 50.9 Å². The Morgan fingerprint density at radius 2 is 0.703 bits per heavy atom. The lowest BCUT2D eigenvalue weighted by Gasteiger charge is -2.61. The molecule has 0 unspecified atom stereocenters. The molecule has 0 saturated heterocycles. The Kier molecular flexibility index (Phi) is 8.58. The molecular formula is C57H43N7. The normalized spacial score (nSPS) is 21.2. The van der Waals surface area contributed by atoms with E-state index in [2.05, 4.69) is 48.5 Å². The highest BCUT2D eigenvalue weighted by molar-refractivity contribution is 5.93. The smallest absolute Gasteiger partial charge is 0.182 e. The fourth-order valence-corrected chi connectivity index (χ4v) is 12.2. The minimum Gasteiger partial charge on any atom is -0.244 e. The second-order valence-corrected chi connectivity index (χ2v) is 18.2. The number of nitrogens with zero attached hydrogens (tertiary/aromatic N) is 7. The van der Waals surface area contributed by atoms with Crippen LogP contribution in [0, 0.1) is 23.7 Å². The number of benzene rings is 6. The number of aromatic nitrogens is 7. The van der Waals surface area contributed by atoms with Crippen molar-refractivity contribution in [3.8, 4) is 90.8 Å². The first-order valence-corrected chi connectivity index (χ1v) is 22.7. The molecule has 6 aromatic carbocycles. The Morgan fingerprint density at radius 1 is 0.312 bits per heavy atom. The highest BCUT2D eigenvalue weighted by Crippen LogP contribution is 2.70. The van der Waals surface area contributed by atoms with E-state index < -0.39 is 0 Å². The van der Waals surface area contributed by atoms with Gasteiger partial charge in [-0.1, -0.05) is 164 Å². The number of fused-ring (bicyclic) bond motifs is 3. The van der Waals surface area contributed by atoms with Crippen molar-refractivity contribution in [1.29, 1.82) is 0 Å². The van der Waals surface area contributed by atoms with Crippen molar-refractivity contribution in [3.63, 3.8) is 0 Å². The minimum absolute atomic E-state index is 0.0164. The van der Waals surface area contributed by atoms with Gasteiger partial charge in [-0.3, -0.25) is 0 Å². The van der Waals surface area contributed by atoms with Crippen molar-refractivity contribution in [2.75, 3.05) is 0 Å². The fraction of sp³-hybridized carbons (Fsp3) is 0.175. The van der Waals surface area contributed by atoms with Gasteiger partial charge in [-0.05, 0) is 90.2 Å². The third-order valence-corrected chi connectivity index (χ3v) is 14.6. The summed E-state index contributed by atoms with van der Waals surface area (Å²) < 4.78 is 0. The molecule has 0 atom stereocenters. The third-order valence-electron chi connectivity index (χ3n) is 14.6. The molecule has 4 saturated carbocycles. The molecule has 14 rings (SSSR count). The minimum atomic E-state index is 0.0164. The molecule has 64 heavy (non-hydrogen) atoms. The van der Waals surface area contributed by atoms with Crippen LogP contribution in [0.4, 0.5) is 0 Å². The van der Waals surface area contributed by atoms with E-state index in [4.69, 9.17) is 34.9 Å². The second kappa shape index (κ2) is 14.8. The topological polar surface area (TPSA) is 90.2 Å². The maximum atomic E-state index is 5.58. The zero-order valence-corrected chi connectivity index (χ0v) is 35.2. The van der Waals surface area contributed by atoms with E-state index in [-0.39, 0.29) is 5.41 Å². The summed E-state index contributed by atoms with van der Waals surface area (Å²) in [6, 6.07) is 60.9.